The molecule has 0 saturated heterocycles. The predicted molar refractivity (Wildman–Crippen MR) is 44.1 cm³/mol. The minimum atomic E-state index is 0.0897. The lowest BCUT2D eigenvalue weighted by Crippen LogP contribution is -2.04. The molecule has 0 aliphatic carbocycles. The molecule has 0 unspecified atom stereocenters. The summed E-state index contributed by atoms with van der Waals surface area (Å²) in [7, 11) is 0. The minimum absolute atomic E-state index is 0.0897. The van der Waals surface area contributed by atoms with E-state index in [2.05, 4.69) is 4.40 Å². The van der Waals surface area contributed by atoms with Crippen molar-refractivity contribution in [3.8, 4) is 0 Å². The number of rotatable bonds is 1. The summed E-state index contributed by atoms with van der Waals surface area (Å²) in [4.78, 5) is 11.9. The van der Waals surface area contributed by atoms with Gasteiger partial charge < -0.3 is 0 Å². The molecule has 54 valence electrons. The Balaban J connectivity index is 2.74. The number of allylic oxidation sites excluding steroid dienone is 2. The van der Waals surface area contributed by atoms with Gasteiger partial charge in [-0.2, -0.15) is 0 Å². The zero-order chi connectivity index (χ0) is 7.56. The van der Waals surface area contributed by atoms with Crippen LogP contribution in [0.1, 0.15) is 20.3 Å². The fourth-order valence-corrected chi connectivity index (χ4v) is 1.48. The Morgan fingerprint density at radius 3 is 2.80 bits per heavy atom. The van der Waals surface area contributed by atoms with E-state index in [0.29, 0.717) is 5.71 Å². The van der Waals surface area contributed by atoms with Crippen molar-refractivity contribution in [2.75, 3.05) is 0 Å². The summed E-state index contributed by atoms with van der Waals surface area (Å²) >= 11 is 1.28. The minimum Gasteiger partial charge on any atom is -0.287 e. The van der Waals surface area contributed by atoms with Crippen molar-refractivity contribution in [1.82, 2.24) is 0 Å². The normalized spacial score (nSPS) is 22.0. The maximum absolute atomic E-state index is 11.1. The standard InChI is InChI=1S/C7H9NOS/c1-3-4-6-7(9)5(2)8-10-6/h4H,3H2,1-2H3. The molecule has 1 heterocycles. The van der Waals surface area contributed by atoms with Crippen LogP contribution in [0.5, 0.6) is 0 Å². The first-order chi connectivity index (χ1) is 4.75. The lowest BCUT2D eigenvalue weighted by molar-refractivity contribution is -0.109. The molecular formula is C7H9NOS. The number of carbonyl (C=O) groups is 1. The van der Waals surface area contributed by atoms with Crippen LogP contribution in [-0.2, 0) is 4.79 Å². The monoisotopic (exact) mass is 155 g/mol. The average Bonchev–Trinajstić information content (AvgIpc) is 2.20. The molecule has 0 spiro atoms. The summed E-state index contributed by atoms with van der Waals surface area (Å²) in [6.45, 7) is 3.75. The summed E-state index contributed by atoms with van der Waals surface area (Å²) in [5, 5.41) is 0. The number of Topliss-reactive ketones (excluding diaryl/α,β-unsaturated/α-hetero) is 1. The molecule has 1 aliphatic rings. The van der Waals surface area contributed by atoms with Gasteiger partial charge in [0.25, 0.3) is 0 Å². The van der Waals surface area contributed by atoms with Crippen LogP contribution in [0.3, 0.4) is 0 Å². The molecule has 0 amide bonds. The number of ketones is 1. The van der Waals surface area contributed by atoms with E-state index in [1.165, 1.54) is 11.9 Å². The van der Waals surface area contributed by atoms with Gasteiger partial charge in [-0.15, -0.1) is 0 Å². The molecule has 10 heavy (non-hydrogen) atoms. The van der Waals surface area contributed by atoms with Crippen LogP contribution in [0.25, 0.3) is 0 Å². The molecule has 2 nitrogen and oxygen atoms in total. The van der Waals surface area contributed by atoms with E-state index in [-0.39, 0.29) is 5.78 Å². The Labute approximate surface area is 64.5 Å². The third-order valence-electron chi connectivity index (χ3n) is 1.22. The zero-order valence-corrected chi connectivity index (χ0v) is 6.86. The molecule has 0 bridgehead atoms. The van der Waals surface area contributed by atoms with Gasteiger partial charge >= 0.3 is 0 Å². The van der Waals surface area contributed by atoms with Gasteiger partial charge in [0, 0.05) is 11.9 Å². The number of carbonyl (C=O) groups excluding carboxylic acids is 1. The maximum Gasteiger partial charge on any atom is 0.215 e. The third-order valence-corrected chi connectivity index (χ3v) is 2.14. The van der Waals surface area contributed by atoms with Crippen LogP contribution in [0.15, 0.2) is 15.4 Å². The fraction of sp³-hybridized carbons (Fsp3) is 0.429. The first-order valence-electron chi connectivity index (χ1n) is 3.22. The van der Waals surface area contributed by atoms with E-state index in [0.717, 1.165) is 11.3 Å². The molecule has 0 N–H and O–H groups in total. The van der Waals surface area contributed by atoms with Crippen molar-refractivity contribution >= 4 is 23.4 Å². The smallest absolute Gasteiger partial charge is 0.215 e. The van der Waals surface area contributed by atoms with Crippen LogP contribution in [-0.4, -0.2) is 11.5 Å². The van der Waals surface area contributed by atoms with Crippen LogP contribution in [0, 0.1) is 0 Å². The SMILES string of the molecule is CCC=C1SN=C(C)C1=O. The van der Waals surface area contributed by atoms with Gasteiger partial charge in [-0.25, -0.2) is 4.40 Å². The van der Waals surface area contributed by atoms with E-state index in [9.17, 15) is 4.79 Å². The molecule has 0 radical (unpaired) electrons. The Morgan fingerprint density at radius 2 is 2.40 bits per heavy atom. The molecule has 1 rings (SSSR count). The Kier molecular flexibility index (Phi) is 2.27. The highest BCUT2D eigenvalue weighted by Gasteiger charge is 2.19. The largest absolute Gasteiger partial charge is 0.287 e. The molecule has 0 aromatic carbocycles. The van der Waals surface area contributed by atoms with Crippen LogP contribution in [0.4, 0.5) is 0 Å². The van der Waals surface area contributed by atoms with Gasteiger partial charge in [0.2, 0.25) is 5.78 Å². The van der Waals surface area contributed by atoms with Gasteiger partial charge in [-0.05, 0) is 13.3 Å². The van der Waals surface area contributed by atoms with E-state index in [4.69, 9.17) is 0 Å². The van der Waals surface area contributed by atoms with Crippen molar-refractivity contribution in [1.29, 1.82) is 0 Å². The second-order valence-corrected chi connectivity index (χ2v) is 2.88. The highest BCUT2D eigenvalue weighted by Crippen LogP contribution is 2.25. The first kappa shape index (κ1) is 7.54. The lowest BCUT2D eigenvalue weighted by Gasteiger charge is -1.87. The van der Waals surface area contributed by atoms with Gasteiger partial charge in [0.05, 0.1) is 10.6 Å². The van der Waals surface area contributed by atoms with Gasteiger partial charge in [0.15, 0.2) is 0 Å². The summed E-state index contributed by atoms with van der Waals surface area (Å²) in [5.74, 6) is 0.0897. The molecular weight excluding hydrogens is 146 g/mol. The second kappa shape index (κ2) is 3.01. The Morgan fingerprint density at radius 1 is 1.70 bits per heavy atom. The van der Waals surface area contributed by atoms with Crippen molar-refractivity contribution < 1.29 is 4.79 Å². The van der Waals surface area contributed by atoms with Crippen LogP contribution >= 0.6 is 11.9 Å². The van der Waals surface area contributed by atoms with E-state index in [1.54, 1.807) is 6.92 Å². The highest BCUT2D eigenvalue weighted by atomic mass is 32.2. The molecule has 0 fully saturated rings. The summed E-state index contributed by atoms with van der Waals surface area (Å²) < 4.78 is 3.93. The maximum atomic E-state index is 11.1. The van der Waals surface area contributed by atoms with E-state index < -0.39 is 0 Å². The number of nitrogens with zero attached hydrogens (tertiary/aromatic N) is 1. The summed E-state index contributed by atoms with van der Waals surface area (Å²) in [6.07, 6.45) is 2.81. The van der Waals surface area contributed by atoms with Crippen molar-refractivity contribution in [3.63, 3.8) is 0 Å². The molecule has 3 heteroatoms. The van der Waals surface area contributed by atoms with E-state index >= 15 is 0 Å². The fourth-order valence-electron chi connectivity index (χ4n) is 0.694. The molecule has 0 aromatic rings. The second-order valence-electron chi connectivity index (χ2n) is 2.07. The molecule has 1 aliphatic heterocycles. The zero-order valence-electron chi connectivity index (χ0n) is 6.05. The van der Waals surface area contributed by atoms with E-state index in [1.807, 2.05) is 13.0 Å². The Hall–Kier alpha value is -0.570. The van der Waals surface area contributed by atoms with Gasteiger partial charge in [-0.3, -0.25) is 4.79 Å². The number of hydrogen-bond acceptors (Lipinski definition) is 3. The van der Waals surface area contributed by atoms with Crippen molar-refractivity contribution in [2.45, 2.75) is 20.3 Å². The van der Waals surface area contributed by atoms with Crippen molar-refractivity contribution in [2.24, 2.45) is 4.40 Å². The molecule has 0 aromatic heterocycles. The summed E-state index contributed by atoms with van der Waals surface area (Å²) in [6, 6.07) is 0. The van der Waals surface area contributed by atoms with Gasteiger partial charge in [0.1, 0.15) is 0 Å². The van der Waals surface area contributed by atoms with Crippen LogP contribution < -0.4 is 0 Å². The van der Waals surface area contributed by atoms with Crippen LogP contribution in [0.2, 0.25) is 0 Å². The molecule has 0 atom stereocenters. The topological polar surface area (TPSA) is 29.4 Å². The van der Waals surface area contributed by atoms with Gasteiger partial charge in [-0.1, -0.05) is 13.0 Å². The highest BCUT2D eigenvalue weighted by molar-refractivity contribution is 8.03. The molecule has 0 saturated carbocycles. The third kappa shape index (κ3) is 1.29. The van der Waals surface area contributed by atoms with Crippen molar-refractivity contribution in [3.05, 3.63) is 11.0 Å². The summed E-state index contributed by atoms with van der Waals surface area (Å²) in [5.41, 5.74) is 0.615. The quantitative estimate of drug-likeness (QED) is 0.428. The lowest BCUT2D eigenvalue weighted by atomic mass is 10.2. The average molecular weight is 155 g/mol. The Bertz CT molecular complexity index is 218. The number of hydrogen-bond donors (Lipinski definition) is 0. The first-order valence-corrected chi connectivity index (χ1v) is 3.99. The predicted octanol–water partition coefficient (Wildman–Crippen LogP) is 1.97.